The second-order valence-electron chi connectivity index (χ2n) is 4.71. The molecule has 1 aliphatic rings. The summed E-state index contributed by atoms with van der Waals surface area (Å²) < 4.78 is 5.41. The lowest BCUT2D eigenvalue weighted by Gasteiger charge is -2.31. The lowest BCUT2D eigenvalue weighted by molar-refractivity contribution is -0.149. The van der Waals surface area contributed by atoms with Gasteiger partial charge in [0.25, 0.3) is 0 Å². The number of hydrogen-bond acceptors (Lipinski definition) is 4. The Morgan fingerprint density at radius 3 is 2.67 bits per heavy atom. The van der Waals surface area contributed by atoms with Gasteiger partial charge in [0.15, 0.2) is 0 Å². The Morgan fingerprint density at radius 2 is 1.95 bits per heavy atom. The largest absolute Gasteiger partial charge is 0.491 e. The van der Waals surface area contributed by atoms with Crippen LogP contribution in [0.25, 0.3) is 0 Å². The molecule has 0 bridgehead atoms. The fourth-order valence-electron chi connectivity index (χ4n) is 2.00. The summed E-state index contributed by atoms with van der Waals surface area (Å²) in [7, 11) is 1.58. The standard InChI is InChI=1S/C14H16N2O5/c1-15-8-13(18)16(9-12(15)17)6-7-21-11-5-3-2-4-10(11)14(19)20/h2-5H,6-9H2,1H3,(H,19,20). The zero-order valence-corrected chi connectivity index (χ0v) is 11.6. The highest BCUT2D eigenvalue weighted by molar-refractivity contribution is 5.92. The summed E-state index contributed by atoms with van der Waals surface area (Å²) in [5.41, 5.74) is 0.0679. The Labute approximate surface area is 121 Å². The molecular formula is C14H16N2O5. The highest BCUT2D eigenvalue weighted by Gasteiger charge is 2.27. The third-order valence-corrected chi connectivity index (χ3v) is 3.21. The highest BCUT2D eigenvalue weighted by Crippen LogP contribution is 2.17. The summed E-state index contributed by atoms with van der Waals surface area (Å²) in [6.07, 6.45) is 0. The van der Waals surface area contributed by atoms with Gasteiger partial charge in [0.2, 0.25) is 11.8 Å². The van der Waals surface area contributed by atoms with E-state index in [9.17, 15) is 14.4 Å². The molecular weight excluding hydrogens is 276 g/mol. The molecule has 1 N–H and O–H groups in total. The van der Waals surface area contributed by atoms with Crippen LogP contribution in [0.3, 0.4) is 0 Å². The number of hydrogen-bond donors (Lipinski definition) is 1. The van der Waals surface area contributed by atoms with Crippen LogP contribution in [0.1, 0.15) is 10.4 Å². The summed E-state index contributed by atoms with van der Waals surface area (Å²) in [5.74, 6) is -1.10. The first kappa shape index (κ1) is 14.8. The van der Waals surface area contributed by atoms with Crippen LogP contribution >= 0.6 is 0 Å². The summed E-state index contributed by atoms with van der Waals surface area (Å²) in [6, 6.07) is 6.29. The molecule has 1 aliphatic heterocycles. The lowest BCUT2D eigenvalue weighted by Crippen LogP contribution is -2.53. The van der Waals surface area contributed by atoms with Crippen LogP contribution in [0.2, 0.25) is 0 Å². The third-order valence-electron chi connectivity index (χ3n) is 3.21. The maximum atomic E-state index is 11.8. The molecule has 112 valence electrons. The van der Waals surface area contributed by atoms with E-state index in [1.807, 2.05) is 0 Å². The number of amides is 2. The number of benzene rings is 1. The average molecular weight is 292 g/mol. The molecule has 2 rings (SSSR count). The van der Waals surface area contributed by atoms with Crippen molar-refractivity contribution in [1.82, 2.24) is 9.80 Å². The molecule has 1 aromatic rings. The summed E-state index contributed by atoms with van der Waals surface area (Å²) in [4.78, 5) is 37.1. The number of piperazine rings is 1. The minimum atomic E-state index is -1.07. The molecule has 0 spiro atoms. The van der Waals surface area contributed by atoms with Gasteiger partial charge in [-0.3, -0.25) is 9.59 Å². The molecule has 1 saturated heterocycles. The quantitative estimate of drug-likeness (QED) is 0.829. The molecule has 1 heterocycles. The van der Waals surface area contributed by atoms with Gasteiger partial charge in [-0.15, -0.1) is 0 Å². The molecule has 21 heavy (non-hydrogen) atoms. The van der Waals surface area contributed by atoms with Gasteiger partial charge in [0.05, 0.1) is 19.6 Å². The van der Waals surface area contributed by atoms with Gasteiger partial charge in [-0.05, 0) is 12.1 Å². The van der Waals surface area contributed by atoms with Crippen LogP contribution in [-0.4, -0.2) is 66.0 Å². The number of ether oxygens (including phenoxy) is 1. The topological polar surface area (TPSA) is 87.2 Å². The van der Waals surface area contributed by atoms with Gasteiger partial charge >= 0.3 is 5.97 Å². The molecule has 0 saturated carbocycles. The minimum absolute atomic E-state index is 0.0271. The van der Waals surface area contributed by atoms with Gasteiger partial charge < -0.3 is 19.6 Å². The normalized spacial score (nSPS) is 15.3. The monoisotopic (exact) mass is 292 g/mol. The molecule has 0 aliphatic carbocycles. The van der Waals surface area contributed by atoms with E-state index < -0.39 is 5.97 Å². The van der Waals surface area contributed by atoms with Crippen molar-refractivity contribution in [2.75, 3.05) is 33.3 Å². The van der Waals surface area contributed by atoms with Gasteiger partial charge in [0, 0.05) is 7.05 Å². The predicted molar refractivity (Wildman–Crippen MR) is 73.1 cm³/mol. The van der Waals surface area contributed by atoms with Crippen LogP contribution in [0.15, 0.2) is 24.3 Å². The highest BCUT2D eigenvalue weighted by atomic mass is 16.5. The van der Waals surface area contributed by atoms with E-state index in [-0.39, 0.29) is 49.4 Å². The number of carbonyl (C=O) groups is 3. The minimum Gasteiger partial charge on any atom is -0.491 e. The van der Waals surface area contributed by atoms with Gasteiger partial charge in [-0.1, -0.05) is 12.1 Å². The zero-order chi connectivity index (χ0) is 15.4. The maximum absolute atomic E-state index is 11.8. The molecule has 1 aromatic carbocycles. The first-order valence-electron chi connectivity index (χ1n) is 6.46. The Hall–Kier alpha value is -2.57. The molecule has 0 radical (unpaired) electrons. The second kappa shape index (κ2) is 6.25. The van der Waals surface area contributed by atoms with E-state index >= 15 is 0 Å². The molecule has 0 aromatic heterocycles. The molecule has 0 unspecified atom stereocenters. The Kier molecular flexibility index (Phi) is 4.42. The number of nitrogens with zero attached hydrogens (tertiary/aromatic N) is 2. The van der Waals surface area contributed by atoms with E-state index in [1.54, 1.807) is 25.2 Å². The van der Waals surface area contributed by atoms with E-state index in [1.165, 1.54) is 15.9 Å². The van der Waals surface area contributed by atoms with Crippen molar-refractivity contribution >= 4 is 17.8 Å². The van der Waals surface area contributed by atoms with E-state index in [0.29, 0.717) is 0 Å². The van der Waals surface area contributed by atoms with Gasteiger partial charge in [-0.2, -0.15) is 0 Å². The van der Waals surface area contributed by atoms with Crippen molar-refractivity contribution in [3.8, 4) is 5.75 Å². The van der Waals surface area contributed by atoms with Crippen LogP contribution in [0, 0.1) is 0 Å². The first-order valence-corrected chi connectivity index (χ1v) is 6.46. The summed E-state index contributed by atoms with van der Waals surface area (Å²) in [5, 5.41) is 9.02. The van der Waals surface area contributed by atoms with Crippen molar-refractivity contribution in [2.24, 2.45) is 0 Å². The molecule has 7 heteroatoms. The van der Waals surface area contributed by atoms with Crippen LogP contribution < -0.4 is 4.74 Å². The van der Waals surface area contributed by atoms with E-state index in [2.05, 4.69) is 0 Å². The fourth-order valence-corrected chi connectivity index (χ4v) is 2.00. The number of rotatable bonds is 5. The van der Waals surface area contributed by atoms with E-state index in [4.69, 9.17) is 9.84 Å². The van der Waals surface area contributed by atoms with Crippen molar-refractivity contribution < 1.29 is 24.2 Å². The first-order chi connectivity index (χ1) is 9.99. The summed E-state index contributed by atoms with van der Waals surface area (Å²) >= 11 is 0. The fraction of sp³-hybridized carbons (Fsp3) is 0.357. The van der Waals surface area contributed by atoms with Crippen molar-refractivity contribution in [3.63, 3.8) is 0 Å². The lowest BCUT2D eigenvalue weighted by atomic mass is 10.2. The molecule has 1 fully saturated rings. The number of carboxylic acids is 1. The smallest absolute Gasteiger partial charge is 0.339 e. The average Bonchev–Trinajstić information content (AvgIpc) is 2.44. The Balaban J connectivity index is 1.91. The number of carbonyl (C=O) groups excluding carboxylic acids is 2. The zero-order valence-electron chi connectivity index (χ0n) is 11.6. The number of likely N-dealkylation sites (N-methyl/N-ethyl adjacent to an activating group) is 1. The van der Waals surface area contributed by atoms with Crippen LogP contribution in [0.5, 0.6) is 5.75 Å². The summed E-state index contributed by atoms with van der Waals surface area (Å²) in [6.45, 7) is 0.462. The number of carboxylic acid groups (broad SMARTS) is 1. The predicted octanol–water partition coefficient (Wildman–Crippen LogP) is 0.0642. The van der Waals surface area contributed by atoms with E-state index in [0.717, 1.165) is 0 Å². The Bertz CT molecular complexity index is 572. The molecule has 7 nitrogen and oxygen atoms in total. The van der Waals surface area contributed by atoms with Crippen molar-refractivity contribution in [2.45, 2.75) is 0 Å². The van der Waals surface area contributed by atoms with Gasteiger partial charge in [0.1, 0.15) is 17.9 Å². The second-order valence-corrected chi connectivity index (χ2v) is 4.71. The number of aromatic carboxylic acids is 1. The van der Waals surface area contributed by atoms with Crippen molar-refractivity contribution in [1.29, 1.82) is 0 Å². The third kappa shape index (κ3) is 3.50. The van der Waals surface area contributed by atoms with Crippen LogP contribution in [0.4, 0.5) is 0 Å². The maximum Gasteiger partial charge on any atom is 0.339 e. The Morgan fingerprint density at radius 1 is 1.24 bits per heavy atom. The van der Waals surface area contributed by atoms with Crippen LogP contribution in [-0.2, 0) is 9.59 Å². The van der Waals surface area contributed by atoms with Gasteiger partial charge in [-0.25, -0.2) is 4.79 Å². The molecule has 2 amide bonds. The number of para-hydroxylation sites is 1. The van der Waals surface area contributed by atoms with Crippen molar-refractivity contribution in [3.05, 3.63) is 29.8 Å². The SMILES string of the molecule is CN1CC(=O)N(CCOc2ccccc2C(=O)O)CC1=O. The molecule has 0 atom stereocenters.